The maximum atomic E-state index is 12.2. The molecule has 1 fully saturated rings. The second kappa shape index (κ2) is 7.85. The van der Waals surface area contributed by atoms with Gasteiger partial charge in [0.05, 0.1) is 11.4 Å². The van der Waals surface area contributed by atoms with Crippen molar-refractivity contribution >= 4 is 5.91 Å². The second-order valence-corrected chi connectivity index (χ2v) is 7.44. The third-order valence-corrected chi connectivity index (χ3v) is 5.29. The van der Waals surface area contributed by atoms with Crippen LogP contribution < -0.4 is 5.32 Å². The first-order valence-electron chi connectivity index (χ1n) is 9.45. The molecule has 0 bridgehead atoms. The molecule has 2 unspecified atom stereocenters. The highest BCUT2D eigenvalue weighted by atomic mass is 16.1. The maximum Gasteiger partial charge on any atom is 0.220 e. The molecule has 1 aliphatic carbocycles. The largest absolute Gasteiger partial charge is 0.353 e. The van der Waals surface area contributed by atoms with E-state index in [0.29, 0.717) is 18.4 Å². The molecule has 1 aromatic carbocycles. The zero-order valence-electron chi connectivity index (χ0n) is 15.6. The van der Waals surface area contributed by atoms with Crippen LogP contribution in [0.1, 0.15) is 56.0 Å². The topological polar surface area (TPSA) is 46.9 Å². The highest BCUT2D eigenvalue weighted by molar-refractivity contribution is 5.76. The molecule has 3 rings (SSSR count). The average molecular weight is 339 g/mol. The number of aryl methyl sites for hydroxylation is 3. The van der Waals surface area contributed by atoms with Gasteiger partial charge in [0.1, 0.15) is 0 Å². The van der Waals surface area contributed by atoms with Crippen LogP contribution in [-0.2, 0) is 11.2 Å². The van der Waals surface area contributed by atoms with Gasteiger partial charge in [-0.15, -0.1) is 0 Å². The molecule has 1 aromatic heterocycles. The maximum absolute atomic E-state index is 12.2. The number of aromatic nitrogens is 2. The molecule has 134 valence electrons. The number of hydrogen-bond acceptors (Lipinski definition) is 2. The molecule has 0 radical (unpaired) electrons. The summed E-state index contributed by atoms with van der Waals surface area (Å²) in [4.78, 5) is 12.2. The van der Waals surface area contributed by atoms with E-state index in [-0.39, 0.29) is 5.91 Å². The van der Waals surface area contributed by atoms with Gasteiger partial charge in [0.2, 0.25) is 5.91 Å². The van der Waals surface area contributed by atoms with Gasteiger partial charge in [0.25, 0.3) is 0 Å². The summed E-state index contributed by atoms with van der Waals surface area (Å²) in [5, 5.41) is 7.74. The average Bonchev–Trinajstić information content (AvgIpc) is 2.94. The van der Waals surface area contributed by atoms with E-state index in [0.717, 1.165) is 29.9 Å². The van der Waals surface area contributed by atoms with Crippen LogP contribution in [0.3, 0.4) is 0 Å². The van der Waals surface area contributed by atoms with Crippen molar-refractivity contribution in [2.24, 2.45) is 5.92 Å². The summed E-state index contributed by atoms with van der Waals surface area (Å²) in [7, 11) is 0. The molecule has 1 aliphatic rings. The molecule has 1 heterocycles. The lowest BCUT2D eigenvalue weighted by Gasteiger charge is -2.29. The monoisotopic (exact) mass is 339 g/mol. The first kappa shape index (κ1) is 17.7. The highest BCUT2D eigenvalue weighted by Crippen LogP contribution is 2.23. The molecule has 1 saturated carbocycles. The van der Waals surface area contributed by atoms with Crippen LogP contribution in [0.5, 0.6) is 0 Å². The fourth-order valence-electron chi connectivity index (χ4n) is 3.76. The number of amides is 1. The van der Waals surface area contributed by atoms with Crippen LogP contribution in [0, 0.1) is 19.8 Å². The van der Waals surface area contributed by atoms with Gasteiger partial charge in [0.15, 0.2) is 0 Å². The van der Waals surface area contributed by atoms with Gasteiger partial charge >= 0.3 is 0 Å². The summed E-state index contributed by atoms with van der Waals surface area (Å²) < 4.78 is 1.95. The first-order valence-corrected chi connectivity index (χ1v) is 9.45. The first-order chi connectivity index (χ1) is 12.0. The molecule has 4 heteroatoms. The molecule has 0 spiro atoms. The van der Waals surface area contributed by atoms with Gasteiger partial charge < -0.3 is 5.32 Å². The van der Waals surface area contributed by atoms with Crippen LogP contribution in [0.15, 0.2) is 30.3 Å². The number of hydrogen-bond donors (Lipinski definition) is 1. The Bertz CT molecular complexity index is 717. The zero-order valence-corrected chi connectivity index (χ0v) is 15.6. The second-order valence-electron chi connectivity index (χ2n) is 7.44. The predicted octanol–water partition coefficient (Wildman–Crippen LogP) is 4.12. The SMILES string of the molecule is Cc1cc(C)n(-c2ccc(CCC(=O)NC3CCCCC3C)cc2)n1. The van der Waals surface area contributed by atoms with Gasteiger partial charge in [-0.05, 0) is 62.8 Å². The predicted molar refractivity (Wildman–Crippen MR) is 101 cm³/mol. The molecule has 0 saturated heterocycles. The minimum absolute atomic E-state index is 0.182. The summed E-state index contributed by atoms with van der Waals surface area (Å²) in [5.74, 6) is 0.791. The lowest BCUT2D eigenvalue weighted by atomic mass is 9.86. The third-order valence-electron chi connectivity index (χ3n) is 5.29. The van der Waals surface area contributed by atoms with Crippen molar-refractivity contribution in [1.29, 1.82) is 0 Å². The van der Waals surface area contributed by atoms with E-state index in [4.69, 9.17) is 0 Å². The number of rotatable bonds is 5. The Labute approximate surface area is 150 Å². The summed E-state index contributed by atoms with van der Waals surface area (Å²) in [5.41, 5.74) is 4.41. The Morgan fingerprint density at radius 3 is 2.56 bits per heavy atom. The standard InChI is InChI=1S/C21H29N3O/c1-15-6-4-5-7-20(15)22-21(25)13-10-18-8-11-19(12-9-18)24-17(3)14-16(2)23-24/h8-9,11-12,14-15,20H,4-7,10,13H2,1-3H3,(H,22,25). The van der Waals surface area contributed by atoms with Gasteiger partial charge in [-0.25, -0.2) is 4.68 Å². The number of nitrogens with zero attached hydrogens (tertiary/aromatic N) is 2. The molecular formula is C21H29N3O. The molecular weight excluding hydrogens is 310 g/mol. The fraction of sp³-hybridized carbons (Fsp3) is 0.524. The lowest BCUT2D eigenvalue weighted by molar-refractivity contribution is -0.122. The van der Waals surface area contributed by atoms with Gasteiger partial charge in [-0.1, -0.05) is 31.9 Å². The van der Waals surface area contributed by atoms with Gasteiger partial charge in [0, 0.05) is 18.2 Å². The Kier molecular flexibility index (Phi) is 5.57. The molecule has 25 heavy (non-hydrogen) atoms. The fourth-order valence-corrected chi connectivity index (χ4v) is 3.76. The van der Waals surface area contributed by atoms with Crippen LogP contribution in [0.2, 0.25) is 0 Å². The highest BCUT2D eigenvalue weighted by Gasteiger charge is 2.22. The third kappa shape index (κ3) is 4.50. The van der Waals surface area contributed by atoms with Crippen LogP contribution in [-0.4, -0.2) is 21.7 Å². The Hall–Kier alpha value is -2.10. The summed E-state index contributed by atoms with van der Waals surface area (Å²) in [6, 6.07) is 10.8. The Balaban J connectivity index is 1.53. The van der Waals surface area contributed by atoms with E-state index < -0.39 is 0 Å². The quantitative estimate of drug-likeness (QED) is 0.891. The molecule has 4 nitrogen and oxygen atoms in total. The summed E-state index contributed by atoms with van der Waals surface area (Å²) in [6.45, 7) is 6.32. The normalized spacial score (nSPS) is 20.4. The lowest BCUT2D eigenvalue weighted by Crippen LogP contribution is -2.41. The molecule has 0 aliphatic heterocycles. The van der Waals surface area contributed by atoms with Crippen molar-refractivity contribution in [3.8, 4) is 5.69 Å². The van der Waals surface area contributed by atoms with E-state index in [1.54, 1.807) is 0 Å². The van der Waals surface area contributed by atoms with Crippen molar-refractivity contribution in [3.05, 3.63) is 47.3 Å². The molecule has 2 atom stereocenters. The minimum atomic E-state index is 0.182. The van der Waals surface area contributed by atoms with Gasteiger partial charge in [-0.2, -0.15) is 5.10 Å². The summed E-state index contributed by atoms with van der Waals surface area (Å²) >= 11 is 0. The Morgan fingerprint density at radius 2 is 1.92 bits per heavy atom. The van der Waals surface area contributed by atoms with E-state index in [1.807, 2.05) is 11.6 Å². The van der Waals surface area contributed by atoms with Crippen LogP contribution in [0.4, 0.5) is 0 Å². The van der Waals surface area contributed by atoms with Crippen molar-refractivity contribution < 1.29 is 4.79 Å². The number of nitrogens with one attached hydrogen (secondary N) is 1. The van der Waals surface area contributed by atoms with Crippen molar-refractivity contribution in [2.75, 3.05) is 0 Å². The number of benzene rings is 1. The van der Waals surface area contributed by atoms with Gasteiger partial charge in [-0.3, -0.25) is 4.79 Å². The van der Waals surface area contributed by atoms with Crippen LogP contribution in [0.25, 0.3) is 5.69 Å². The van der Waals surface area contributed by atoms with E-state index >= 15 is 0 Å². The molecule has 1 N–H and O–H groups in total. The smallest absolute Gasteiger partial charge is 0.220 e. The van der Waals surface area contributed by atoms with E-state index in [1.165, 1.54) is 24.8 Å². The van der Waals surface area contributed by atoms with Crippen molar-refractivity contribution in [2.45, 2.75) is 65.3 Å². The number of carbonyl (C=O) groups excluding carboxylic acids is 1. The minimum Gasteiger partial charge on any atom is -0.353 e. The Morgan fingerprint density at radius 1 is 1.20 bits per heavy atom. The number of carbonyl (C=O) groups is 1. The van der Waals surface area contributed by atoms with E-state index in [2.05, 4.69) is 54.6 Å². The molecule has 2 aromatic rings. The molecule has 1 amide bonds. The van der Waals surface area contributed by atoms with Crippen molar-refractivity contribution in [3.63, 3.8) is 0 Å². The zero-order chi connectivity index (χ0) is 17.8. The van der Waals surface area contributed by atoms with E-state index in [9.17, 15) is 4.79 Å². The summed E-state index contributed by atoms with van der Waals surface area (Å²) in [6.07, 6.45) is 6.24. The van der Waals surface area contributed by atoms with Crippen molar-refractivity contribution in [1.82, 2.24) is 15.1 Å². The van der Waals surface area contributed by atoms with Crippen LogP contribution >= 0.6 is 0 Å².